The molecule has 26 heavy (non-hydrogen) atoms. The van der Waals surface area contributed by atoms with E-state index in [1.807, 2.05) is 13.8 Å². The molecule has 1 heterocycles. The summed E-state index contributed by atoms with van der Waals surface area (Å²) < 4.78 is 5.68. The minimum atomic E-state index is -1.15. The molecule has 0 radical (unpaired) electrons. The zero-order valence-corrected chi connectivity index (χ0v) is 15.5. The summed E-state index contributed by atoms with van der Waals surface area (Å²) >= 11 is 6.23. The van der Waals surface area contributed by atoms with Crippen LogP contribution in [0.1, 0.15) is 44.1 Å². The van der Waals surface area contributed by atoms with Gasteiger partial charge in [-0.25, -0.2) is 9.78 Å². The summed E-state index contributed by atoms with van der Waals surface area (Å²) in [5, 5.41) is 22.7. The Balaban J connectivity index is 2.48. The van der Waals surface area contributed by atoms with Gasteiger partial charge >= 0.3 is 5.97 Å². The van der Waals surface area contributed by atoms with E-state index in [0.29, 0.717) is 22.9 Å². The van der Waals surface area contributed by atoms with Crippen molar-refractivity contribution in [3.05, 3.63) is 29.0 Å². The van der Waals surface area contributed by atoms with Gasteiger partial charge < -0.3 is 20.3 Å². The van der Waals surface area contributed by atoms with E-state index in [2.05, 4.69) is 10.3 Å². The third-order valence-electron chi connectivity index (χ3n) is 3.68. The molecule has 0 saturated carbocycles. The number of hydrogen-bond donors (Lipinski definition) is 3. The van der Waals surface area contributed by atoms with E-state index in [4.69, 9.17) is 16.3 Å². The first-order valence-corrected chi connectivity index (χ1v) is 8.65. The molecule has 1 atom stereocenters. The van der Waals surface area contributed by atoms with Crippen LogP contribution in [-0.2, 0) is 4.79 Å². The number of hydrogen-bond acceptors (Lipinski definition) is 5. The van der Waals surface area contributed by atoms with Crippen molar-refractivity contribution < 1.29 is 24.5 Å². The number of aromatic nitrogens is 1. The summed E-state index contributed by atoms with van der Waals surface area (Å²) in [5.41, 5.74) is -0.327. The van der Waals surface area contributed by atoms with E-state index >= 15 is 0 Å². The van der Waals surface area contributed by atoms with Crippen molar-refractivity contribution >= 4 is 34.2 Å². The number of fused-ring (bicyclic) bond motifs is 1. The number of nitrogens with zero attached hydrogens (tertiary/aromatic N) is 1. The number of carbonyl (C=O) groups is 2. The number of carbonyl (C=O) groups excluding carboxylic acids is 1. The molecule has 2 rings (SSSR count). The summed E-state index contributed by atoms with van der Waals surface area (Å²) in [6, 6.07) is 3.87. The highest BCUT2D eigenvalue weighted by molar-refractivity contribution is 6.35. The predicted molar refractivity (Wildman–Crippen MR) is 98.0 cm³/mol. The molecule has 0 aliphatic heterocycles. The molecule has 7 nitrogen and oxygen atoms in total. The van der Waals surface area contributed by atoms with Crippen molar-refractivity contribution in [1.82, 2.24) is 10.3 Å². The molecule has 1 amide bonds. The first kappa shape index (κ1) is 19.8. The summed E-state index contributed by atoms with van der Waals surface area (Å²) in [7, 11) is 0. The molecule has 8 heteroatoms. The second-order valence-corrected chi connectivity index (χ2v) is 6.46. The quantitative estimate of drug-likeness (QED) is 0.635. The average Bonchev–Trinajstić information content (AvgIpc) is 2.56. The fourth-order valence-electron chi connectivity index (χ4n) is 2.56. The summed E-state index contributed by atoms with van der Waals surface area (Å²) in [5.74, 6) is -1.90. The van der Waals surface area contributed by atoms with Gasteiger partial charge in [-0.15, -0.1) is 0 Å². The minimum absolute atomic E-state index is 0.0124. The van der Waals surface area contributed by atoms with Gasteiger partial charge in [-0.2, -0.15) is 0 Å². The monoisotopic (exact) mass is 380 g/mol. The van der Waals surface area contributed by atoms with Crippen LogP contribution in [0.5, 0.6) is 11.5 Å². The maximum Gasteiger partial charge on any atom is 0.326 e. The van der Waals surface area contributed by atoms with Gasteiger partial charge in [0.25, 0.3) is 5.91 Å². The Morgan fingerprint density at radius 3 is 2.62 bits per heavy atom. The van der Waals surface area contributed by atoms with Crippen molar-refractivity contribution in [2.45, 2.75) is 45.8 Å². The van der Waals surface area contributed by atoms with Crippen molar-refractivity contribution in [3.8, 4) is 11.5 Å². The molecule has 0 aliphatic rings. The van der Waals surface area contributed by atoms with Crippen LogP contribution in [0, 0.1) is 0 Å². The molecule has 0 bridgehead atoms. The lowest BCUT2D eigenvalue weighted by atomic mass is 10.1. The topological polar surface area (TPSA) is 109 Å². The normalized spacial score (nSPS) is 12.2. The van der Waals surface area contributed by atoms with Crippen molar-refractivity contribution in [1.29, 1.82) is 0 Å². The smallest absolute Gasteiger partial charge is 0.326 e. The van der Waals surface area contributed by atoms with Crippen LogP contribution in [0.3, 0.4) is 0 Å². The van der Waals surface area contributed by atoms with Crippen LogP contribution in [0.4, 0.5) is 0 Å². The van der Waals surface area contributed by atoms with Gasteiger partial charge in [0.05, 0.1) is 11.5 Å². The van der Waals surface area contributed by atoms with Gasteiger partial charge in [0, 0.05) is 5.39 Å². The van der Waals surface area contributed by atoms with E-state index in [1.165, 1.54) is 0 Å². The van der Waals surface area contributed by atoms with Crippen LogP contribution < -0.4 is 10.1 Å². The maximum absolute atomic E-state index is 12.4. The van der Waals surface area contributed by atoms with Gasteiger partial charge in [-0.3, -0.25) is 4.79 Å². The van der Waals surface area contributed by atoms with Crippen LogP contribution in [0.15, 0.2) is 18.2 Å². The number of aromatic hydroxyl groups is 1. The van der Waals surface area contributed by atoms with E-state index in [-0.39, 0.29) is 29.1 Å². The molecule has 1 aromatic heterocycles. The Hall–Kier alpha value is -2.54. The van der Waals surface area contributed by atoms with Gasteiger partial charge in [0.15, 0.2) is 11.4 Å². The van der Waals surface area contributed by atoms with Crippen molar-refractivity contribution in [3.63, 3.8) is 0 Å². The number of halogens is 1. The maximum atomic E-state index is 12.4. The summed E-state index contributed by atoms with van der Waals surface area (Å²) in [6.45, 7) is 5.50. The number of rotatable bonds is 7. The first-order valence-electron chi connectivity index (χ1n) is 8.27. The lowest BCUT2D eigenvalue weighted by Gasteiger charge is -2.16. The number of amides is 1. The number of carboxylic acid groups (broad SMARTS) is 1. The Labute approximate surface area is 155 Å². The molecular formula is C18H21ClN2O5. The number of pyridine rings is 1. The highest BCUT2D eigenvalue weighted by Gasteiger charge is 2.25. The van der Waals surface area contributed by atoms with Gasteiger partial charge in [0.1, 0.15) is 16.9 Å². The Morgan fingerprint density at radius 1 is 1.35 bits per heavy atom. The second kappa shape index (κ2) is 8.23. The van der Waals surface area contributed by atoms with Crippen LogP contribution in [0.25, 0.3) is 10.8 Å². The molecule has 0 fully saturated rings. The molecule has 3 N–H and O–H groups in total. The SMILES string of the molecule is CCC[C@@H](NC(=O)c1nc(Cl)c2c(OC(C)C)cccc2c1O)C(=O)O. The lowest BCUT2D eigenvalue weighted by molar-refractivity contribution is -0.139. The first-order chi connectivity index (χ1) is 12.3. The van der Waals surface area contributed by atoms with E-state index in [9.17, 15) is 19.8 Å². The van der Waals surface area contributed by atoms with Crippen molar-refractivity contribution in [2.75, 3.05) is 0 Å². The van der Waals surface area contributed by atoms with E-state index in [1.54, 1.807) is 25.1 Å². The molecular weight excluding hydrogens is 360 g/mol. The molecule has 0 spiro atoms. The molecule has 140 valence electrons. The summed E-state index contributed by atoms with van der Waals surface area (Å²) in [6.07, 6.45) is 0.716. The second-order valence-electron chi connectivity index (χ2n) is 6.10. The number of benzene rings is 1. The predicted octanol–water partition coefficient (Wildman–Crippen LogP) is 3.36. The van der Waals surface area contributed by atoms with Crippen LogP contribution in [-0.4, -0.2) is 39.2 Å². The Kier molecular flexibility index (Phi) is 6.26. The Bertz CT molecular complexity index is 838. The molecule has 0 saturated heterocycles. The van der Waals surface area contributed by atoms with E-state index < -0.39 is 17.9 Å². The van der Waals surface area contributed by atoms with Gasteiger partial charge in [-0.05, 0) is 26.3 Å². The third kappa shape index (κ3) is 4.16. The number of carboxylic acids is 1. The Morgan fingerprint density at radius 2 is 2.04 bits per heavy atom. The van der Waals surface area contributed by atoms with Gasteiger partial charge in [0.2, 0.25) is 0 Å². The number of ether oxygens (including phenoxy) is 1. The van der Waals surface area contributed by atoms with Crippen LogP contribution >= 0.6 is 11.6 Å². The fraction of sp³-hybridized carbons (Fsp3) is 0.389. The minimum Gasteiger partial charge on any atom is -0.505 e. The molecule has 0 aliphatic carbocycles. The third-order valence-corrected chi connectivity index (χ3v) is 3.95. The standard InChI is InChI=1S/C18H21ClN2O5/c1-4-6-11(18(24)25)20-17(23)14-15(22)10-7-5-8-12(26-9(2)3)13(10)16(19)21-14/h5,7-9,11,22H,4,6H2,1-3H3,(H,20,23)(H,24,25)/t11-/m1/s1. The zero-order valence-electron chi connectivity index (χ0n) is 14.7. The summed E-state index contributed by atoms with van der Waals surface area (Å²) in [4.78, 5) is 27.6. The molecule has 1 aromatic carbocycles. The number of aliphatic carboxylic acids is 1. The van der Waals surface area contributed by atoms with Crippen molar-refractivity contribution in [2.24, 2.45) is 0 Å². The average molecular weight is 381 g/mol. The largest absolute Gasteiger partial charge is 0.505 e. The fourth-order valence-corrected chi connectivity index (χ4v) is 2.84. The molecule has 0 unspecified atom stereocenters. The lowest BCUT2D eigenvalue weighted by Crippen LogP contribution is -2.41. The zero-order chi connectivity index (χ0) is 19.4. The number of nitrogens with one attached hydrogen (secondary N) is 1. The highest BCUT2D eigenvalue weighted by Crippen LogP contribution is 2.38. The molecule has 2 aromatic rings. The van der Waals surface area contributed by atoms with E-state index in [0.717, 1.165) is 0 Å². The highest BCUT2D eigenvalue weighted by atomic mass is 35.5. The van der Waals surface area contributed by atoms with Gasteiger partial charge in [-0.1, -0.05) is 37.1 Å². The van der Waals surface area contributed by atoms with Crippen LogP contribution in [0.2, 0.25) is 5.15 Å².